The number of halogens is 4. The minimum atomic E-state index is -0.773. The molecule has 0 atom stereocenters. The Bertz CT molecular complexity index is 958. The number of rotatable bonds is 4. The van der Waals surface area contributed by atoms with Gasteiger partial charge in [0.05, 0.1) is 9.13 Å². The van der Waals surface area contributed by atoms with Gasteiger partial charge < -0.3 is 10.6 Å². The molecule has 0 radical (unpaired) electrons. The van der Waals surface area contributed by atoms with Gasteiger partial charge in [-0.3, -0.25) is 4.79 Å². The third-order valence-corrected chi connectivity index (χ3v) is 4.41. The zero-order valence-corrected chi connectivity index (χ0v) is 15.2. The SMILES string of the molecule is O=C(Nc1cc(F)c(I)c(F)c1)c1cccnc1Nc1cccc(F)c1. The van der Waals surface area contributed by atoms with Gasteiger partial charge in [0.2, 0.25) is 0 Å². The lowest BCUT2D eigenvalue weighted by atomic mass is 10.2. The van der Waals surface area contributed by atoms with E-state index in [9.17, 15) is 18.0 Å². The highest BCUT2D eigenvalue weighted by Crippen LogP contribution is 2.23. The maximum absolute atomic E-state index is 13.6. The van der Waals surface area contributed by atoms with E-state index in [1.165, 1.54) is 53.1 Å². The lowest BCUT2D eigenvalue weighted by molar-refractivity contribution is 0.102. The van der Waals surface area contributed by atoms with Crippen LogP contribution in [0.4, 0.5) is 30.4 Å². The average Bonchev–Trinajstić information content (AvgIpc) is 2.60. The molecule has 3 rings (SSSR count). The van der Waals surface area contributed by atoms with Gasteiger partial charge in [-0.15, -0.1) is 0 Å². The van der Waals surface area contributed by atoms with Crippen molar-refractivity contribution in [2.24, 2.45) is 0 Å². The van der Waals surface area contributed by atoms with Crippen LogP contribution in [-0.4, -0.2) is 10.9 Å². The molecule has 3 aromatic rings. The van der Waals surface area contributed by atoms with E-state index in [1.54, 1.807) is 12.1 Å². The molecule has 132 valence electrons. The molecule has 0 aliphatic rings. The van der Waals surface area contributed by atoms with Gasteiger partial charge in [0, 0.05) is 17.6 Å². The number of aromatic nitrogens is 1. The van der Waals surface area contributed by atoms with Gasteiger partial charge >= 0.3 is 0 Å². The Hall–Kier alpha value is -2.62. The fraction of sp³-hybridized carbons (Fsp3) is 0. The molecular formula is C18H11F3IN3O. The van der Waals surface area contributed by atoms with Gasteiger partial charge in [0.25, 0.3) is 5.91 Å². The number of carbonyl (C=O) groups is 1. The summed E-state index contributed by atoms with van der Waals surface area (Å²) < 4.78 is 40.4. The summed E-state index contributed by atoms with van der Waals surface area (Å²) in [5.41, 5.74) is 0.520. The summed E-state index contributed by atoms with van der Waals surface area (Å²) in [6.07, 6.45) is 1.46. The van der Waals surface area contributed by atoms with E-state index in [-0.39, 0.29) is 20.6 Å². The van der Waals surface area contributed by atoms with Gasteiger partial charge in [-0.1, -0.05) is 6.07 Å². The number of benzene rings is 2. The first-order valence-corrected chi connectivity index (χ1v) is 8.45. The van der Waals surface area contributed by atoms with Crippen molar-refractivity contribution in [2.75, 3.05) is 10.6 Å². The van der Waals surface area contributed by atoms with Crippen LogP contribution in [0.2, 0.25) is 0 Å². The number of amides is 1. The summed E-state index contributed by atoms with van der Waals surface area (Å²) in [4.78, 5) is 16.6. The van der Waals surface area contributed by atoms with Crippen molar-refractivity contribution >= 4 is 45.7 Å². The van der Waals surface area contributed by atoms with E-state index in [1.807, 2.05) is 0 Å². The molecule has 1 amide bonds. The monoisotopic (exact) mass is 469 g/mol. The molecule has 0 aliphatic carbocycles. The molecular weight excluding hydrogens is 458 g/mol. The largest absolute Gasteiger partial charge is 0.339 e. The number of hydrogen-bond donors (Lipinski definition) is 2. The van der Waals surface area contributed by atoms with E-state index in [4.69, 9.17) is 0 Å². The Kier molecular flexibility index (Phi) is 5.40. The van der Waals surface area contributed by atoms with E-state index in [2.05, 4.69) is 15.6 Å². The first-order chi connectivity index (χ1) is 12.4. The minimum Gasteiger partial charge on any atom is -0.339 e. The van der Waals surface area contributed by atoms with Crippen LogP contribution in [-0.2, 0) is 0 Å². The zero-order valence-electron chi connectivity index (χ0n) is 13.1. The van der Waals surface area contributed by atoms with Gasteiger partial charge in [0.1, 0.15) is 23.3 Å². The highest BCUT2D eigenvalue weighted by molar-refractivity contribution is 14.1. The molecule has 0 unspecified atom stereocenters. The molecule has 8 heteroatoms. The number of pyridine rings is 1. The molecule has 0 saturated heterocycles. The molecule has 0 bridgehead atoms. The van der Waals surface area contributed by atoms with E-state index in [0.717, 1.165) is 12.1 Å². The van der Waals surface area contributed by atoms with Crippen molar-refractivity contribution in [3.05, 3.63) is 81.3 Å². The summed E-state index contributed by atoms with van der Waals surface area (Å²) in [5.74, 6) is -2.42. The topological polar surface area (TPSA) is 54.0 Å². The number of carbonyl (C=O) groups excluding carboxylic acids is 1. The van der Waals surface area contributed by atoms with Crippen LogP contribution in [0.5, 0.6) is 0 Å². The van der Waals surface area contributed by atoms with E-state index in [0.29, 0.717) is 5.69 Å². The molecule has 1 heterocycles. The van der Waals surface area contributed by atoms with Gasteiger partial charge in [0.15, 0.2) is 0 Å². The van der Waals surface area contributed by atoms with Crippen molar-refractivity contribution < 1.29 is 18.0 Å². The lowest BCUT2D eigenvalue weighted by Crippen LogP contribution is -2.15. The van der Waals surface area contributed by atoms with Crippen molar-refractivity contribution in [1.82, 2.24) is 4.98 Å². The smallest absolute Gasteiger partial charge is 0.259 e. The van der Waals surface area contributed by atoms with Gasteiger partial charge in [-0.25, -0.2) is 18.2 Å². The van der Waals surface area contributed by atoms with Crippen LogP contribution in [0.25, 0.3) is 0 Å². The molecule has 0 fully saturated rings. The normalized spacial score (nSPS) is 10.5. The summed E-state index contributed by atoms with van der Waals surface area (Å²) in [5, 5.41) is 5.28. The lowest BCUT2D eigenvalue weighted by Gasteiger charge is -2.12. The maximum Gasteiger partial charge on any atom is 0.259 e. The third kappa shape index (κ3) is 4.13. The molecule has 2 N–H and O–H groups in total. The minimum absolute atomic E-state index is 0.0222. The predicted octanol–water partition coefficient (Wildman–Crippen LogP) is 5.10. The van der Waals surface area contributed by atoms with Crippen LogP contribution in [0.1, 0.15) is 10.4 Å². The summed E-state index contributed by atoms with van der Waals surface area (Å²) in [6.45, 7) is 0. The Balaban J connectivity index is 1.86. The van der Waals surface area contributed by atoms with Crippen molar-refractivity contribution in [3.63, 3.8) is 0 Å². The second-order valence-corrected chi connectivity index (χ2v) is 6.32. The highest BCUT2D eigenvalue weighted by Gasteiger charge is 2.15. The van der Waals surface area contributed by atoms with Crippen LogP contribution in [0.15, 0.2) is 54.7 Å². The standard InChI is InChI=1S/C18H11F3IN3O/c19-10-3-1-4-11(7-10)24-17-13(5-2-6-23-17)18(26)25-12-8-14(20)16(22)15(21)9-12/h1-9H,(H,23,24)(H,25,26). The Morgan fingerprint density at radius 1 is 0.962 bits per heavy atom. The molecule has 1 aromatic heterocycles. The number of nitrogens with zero attached hydrogens (tertiary/aromatic N) is 1. The number of anilines is 3. The molecule has 26 heavy (non-hydrogen) atoms. The first kappa shape index (κ1) is 18.2. The van der Waals surface area contributed by atoms with Gasteiger partial charge in [-0.2, -0.15) is 0 Å². The second-order valence-electron chi connectivity index (χ2n) is 5.24. The third-order valence-electron chi connectivity index (χ3n) is 3.38. The van der Waals surface area contributed by atoms with Crippen molar-refractivity contribution in [3.8, 4) is 0 Å². The molecule has 0 saturated carbocycles. The summed E-state index contributed by atoms with van der Waals surface area (Å²) in [7, 11) is 0. The second kappa shape index (κ2) is 7.73. The first-order valence-electron chi connectivity index (χ1n) is 7.37. The van der Waals surface area contributed by atoms with Crippen LogP contribution >= 0.6 is 22.6 Å². The molecule has 2 aromatic carbocycles. The summed E-state index contributed by atoms with van der Waals surface area (Å²) in [6, 6.07) is 10.7. The van der Waals surface area contributed by atoms with E-state index >= 15 is 0 Å². The molecule has 4 nitrogen and oxygen atoms in total. The number of hydrogen-bond acceptors (Lipinski definition) is 3. The maximum atomic E-state index is 13.6. The average molecular weight is 469 g/mol. The van der Waals surface area contributed by atoms with Gasteiger partial charge in [-0.05, 0) is 65.1 Å². The van der Waals surface area contributed by atoms with E-state index < -0.39 is 23.4 Å². The fourth-order valence-corrected chi connectivity index (χ4v) is 2.53. The molecule has 0 spiro atoms. The van der Waals surface area contributed by atoms with Crippen molar-refractivity contribution in [2.45, 2.75) is 0 Å². The van der Waals surface area contributed by atoms with Crippen LogP contribution in [0.3, 0.4) is 0 Å². The predicted molar refractivity (Wildman–Crippen MR) is 101 cm³/mol. The number of nitrogens with one attached hydrogen (secondary N) is 2. The summed E-state index contributed by atoms with van der Waals surface area (Å²) >= 11 is 1.54. The zero-order chi connectivity index (χ0) is 18.7. The quantitative estimate of drug-likeness (QED) is 0.413. The highest BCUT2D eigenvalue weighted by atomic mass is 127. The Morgan fingerprint density at radius 2 is 1.69 bits per heavy atom. The fourth-order valence-electron chi connectivity index (χ4n) is 2.22. The molecule has 0 aliphatic heterocycles. The Morgan fingerprint density at radius 3 is 2.38 bits per heavy atom. The van der Waals surface area contributed by atoms with Crippen LogP contribution in [0, 0.1) is 21.0 Å². The van der Waals surface area contributed by atoms with Crippen molar-refractivity contribution in [1.29, 1.82) is 0 Å². The van der Waals surface area contributed by atoms with Crippen LogP contribution < -0.4 is 10.6 Å². The Labute approximate surface area is 160 Å².